The summed E-state index contributed by atoms with van der Waals surface area (Å²) < 4.78 is 37.4. The van der Waals surface area contributed by atoms with Crippen molar-refractivity contribution in [3.05, 3.63) is 47.5 Å². The smallest absolute Gasteiger partial charge is 0.416 e. The van der Waals surface area contributed by atoms with Crippen LogP contribution in [-0.2, 0) is 15.8 Å². The summed E-state index contributed by atoms with van der Waals surface area (Å²) in [6.07, 6.45) is -4.42. The zero-order chi connectivity index (χ0) is 17.1. The summed E-state index contributed by atoms with van der Waals surface area (Å²) in [6, 6.07) is 3.84. The van der Waals surface area contributed by atoms with Crippen LogP contribution in [0.2, 0.25) is 0 Å². The molecule has 0 spiro atoms. The van der Waals surface area contributed by atoms with Crippen LogP contribution in [0.25, 0.3) is 0 Å². The molecule has 0 aliphatic heterocycles. The van der Waals surface area contributed by atoms with E-state index in [1.807, 2.05) is 0 Å². The molecule has 0 unspecified atom stereocenters. The first-order valence-electron chi connectivity index (χ1n) is 6.43. The van der Waals surface area contributed by atoms with E-state index in [1.54, 1.807) is 6.92 Å². The Hall–Kier alpha value is -2.31. The molecule has 0 saturated carbocycles. The number of hydrogen-bond donors (Lipinski definition) is 2. The van der Waals surface area contributed by atoms with E-state index in [9.17, 15) is 22.8 Å². The third-order valence-corrected chi connectivity index (χ3v) is 3.29. The Morgan fingerprint density at radius 3 is 2.09 bits per heavy atom. The maximum Gasteiger partial charge on any atom is 0.416 e. The maximum atomic E-state index is 12.5. The second-order valence-electron chi connectivity index (χ2n) is 4.90. The summed E-state index contributed by atoms with van der Waals surface area (Å²) in [4.78, 5) is 22.6. The molecule has 2 N–H and O–H groups in total. The Kier molecular flexibility index (Phi) is 5.35. The van der Waals surface area contributed by atoms with Gasteiger partial charge in [0.05, 0.1) is 17.5 Å². The molecule has 0 fully saturated rings. The molecule has 0 bridgehead atoms. The first-order valence-corrected chi connectivity index (χ1v) is 6.43. The number of carbonyl (C=O) groups excluding carboxylic acids is 1. The fraction of sp³-hybridized carbons (Fsp3) is 0.333. The number of rotatable bonds is 5. The van der Waals surface area contributed by atoms with Crippen LogP contribution < -0.4 is 5.32 Å². The van der Waals surface area contributed by atoms with E-state index in [0.717, 1.165) is 12.1 Å². The predicted molar refractivity (Wildman–Crippen MR) is 73.9 cm³/mol. The van der Waals surface area contributed by atoms with E-state index >= 15 is 0 Å². The van der Waals surface area contributed by atoms with E-state index in [4.69, 9.17) is 5.11 Å². The van der Waals surface area contributed by atoms with Gasteiger partial charge >= 0.3 is 12.1 Å². The van der Waals surface area contributed by atoms with Crippen molar-refractivity contribution in [2.24, 2.45) is 5.92 Å². The lowest BCUT2D eigenvalue weighted by molar-refractivity contribution is -0.137. The molecule has 2 atom stereocenters. The highest BCUT2D eigenvalue weighted by Crippen LogP contribution is 2.29. The Morgan fingerprint density at radius 2 is 1.68 bits per heavy atom. The number of nitrogens with one attached hydrogen (secondary N) is 1. The summed E-state index contributed by atoms with van der Waals surface area (Å²) in [6.45, 7) is 6.30. The van der Waals surface area contributed by atoms with Gasteiger partial charge in [-0.15, -0.1) is 0 Å². The molecular weight excluding hydrogens is 299 g/mol. The minimum absolute atomic E-state index is 0.253. The normalized spacial score (nSPS) is 14.0. The van der Waals surface area contributed by atoms with Crippen molar-refractivity contribution < 1.29 is 27.9 Å². The number of carboxylic acid groups (broad SMARTS) is 1. The molecule has 0 heterocycles. The third-order valence-electron chi connectivity index (χ3n) is 3.29. The molecule has 0 saturated heterocycles. The first-order chi connectivity index (χ1) is 10.0. The summed E-state index contributed by atoms with van der Waals surface area (Å²) in [5, 5.41) is 11.3. The second-order valence-corrected chi connectivity index (χ2v) is 4.90. The predicted octanol–water partition coefficient (Wildman–Crippen LogP) is 3.16. The number of amides is 1. The molecule has 0 radical (unpaired) electrons. The molecule has 1 rings (SSSR count). The number of benzene rings is 1. The largest absolute Gasteiger partial charge is 0.478 e. The Morgan fingerprint density at radius 1 is 1.18 bits per heavy atom. The number of carbonyl (C=O) groups is 2. The fourth-order valence-electron chi connectivity index (χ4n) is 1.73. The van der Waals surface area contributed by atoms with Crippen molar-refractivity contribution >= 4 is 11.9 Å². The van der Waals surface area contributed by atoms with Gasteiger partial charge in [0.25, 0.3) is 0 Å². The van der Waals surface area contributed by atoms with Crippen molar-refractivity contribution in [3.8, 4) is 0 Å². The highest BCUT2D eigenvalue weighted by Gasteiger charge is 2.30. The number of aliphatic carboxylic acids is 1. The average Bonchev–Trinajstić information content (AvgIpc) is 2.44. The molecule has 0 aromatic heterocycles. The van der Waals surface area contributed by atoms with Gasteiger partial charge in [0.1, 0.15) is 0 Å². The van der Waals surface area contributed by atoms with Gasteiger partial charge in [-0.1, -0.05) is 18.7 Å². The number of carboxylic acids is 1. The van der Waals surface area contributed by atoms with Gasteiger partial charge in [0.15, 0.2) is 0 Å². The van der Waals surface area contributed by atoms with Crippen LogP contribution >= 0.6 is 0 Å². The zero-order valence-electron chi connectivity index (χ0n) is 12.1. The third kappa shape index (κ3) is 4.34. The zero-order valence-corrected chi connectivity index (χ0v) is 12.1. The summed E-state index contributed by atoms with van der Waals surface area (Å²) in [5.41, 5.74) is -0.547. The van der Waals surface area contributed by atoms with Gasteiger partial charge in [-0.25, -0.2) is 4.79 Å². The van der Waals surface area contributed by atoms with Crippen molar-refractivity contribution in [2.45, 2.75) is 26.1 Å². The van der Waals surface area contributed by atoms with E-state index in [-0.39, 0.29) is 5.57 Å². The molecular formula is C15H16F3NO3. The molecule has 22 heavy (non-hydrogen) atoms. The van der Waals surface area contributed by atoms with Crippen LogP contribution in [-0.4, -0.2) is 17.0 Å². The van der Waals surface area contributed by atoms with Gasteiger partial charge in [-0.05, 0) is 31.5 Å². The number of halogens is 3. The van der Waals surface area contributed by atoms with E-state index in [0.29, 0.717) is 5.56 Å². The van der Waals surface area contributed by atoms with Crippen LogP contribution in [0.4, 0.5) is 13.2 Å². The van der Waals surface area contributed by atoms with Crippen LogP contribution in [0.5, 0.6) is 0 Å². The van der Waals surface area contributed by atoms with Crippen molar-refractivity contribution in [1.82, 2.24) is 5.32 Å². The quantitative estimate of drug-likeness (QED) is 0.820. The molecule has 1 aromatic rings. The SMILES string of the molecule is C=C(C(=O)O)[C@@H](C)C(=O)N[C@@H](C)c1ccc(C(F)(F)F)cc1. The summed E-state index contributed by atoms with van der Waals surface area (Å²) in [5.74, 6) is -2.76. The van der Waals surface area contributed by atoms with Gasteiger partial charge in [0, 0.05) is 5.57 Å². The van der Waals surface area contributed by atoms with Crippen molar-refractivity contribution in [1.29, 1.82) is 0 Å². The lowest BCUT2D eigenvalue weighted by Gasteiger charge is -2.18. The number of alkyl halides is 3. The minimum Gasteiger partial charge on any atom is -0.478 e. The van der Waals surface area contributed by atoms with E-state index in [2.05, 4.69) is 11.9 Å². The Balaban J connectivity index is 2.77. The fourth-order valence-corrected chi connectivity index (χ4v) is 1.73. The molecule has 120 valence electrons. The molecule has 7 heteroatoms. The Labute approximate surface area is 125 Å². The van der Waals surface area contributed by atoms with Crippen molar-refractivity contribution in [2.75, 3.05) is 0 Å². The molecule has 1 aromatic carbocycles. The van der Waals surface area contributed by atoms with Gasteiger partial charge in [-0.3, -0.25) is 4.79 Å². The van der Waals surface area contributed by atoms with Crippen LogP contribution in [0.1, 0.15) is 31.0 Å². The number of hydrogen-bond acceptors (Lipinski definition) is 2. The highest BCUT2D eigenvalue weighted by molar-refractivity contribution is 5.95. The first kappa shape index (κ1) is 17.7. The lowest BCUT2D eigenvalue weighted by Crippen LogP contribution is -2.33. The Bertz CT molecular complexity index is 579. The van der Waals surface area contributed by atoms with Crippen LogP contribution in [0.3, 0.4) is 0 Å². The average molecular weight is 315 g/mol. The highest BCUT2D eigenvalue weighted by atomic mass is 19.4. The standard InChI is InChI=1S/C15H16F3NO3/c1-8(9(2)14(21)22)13(20)19-10(3)11-4-6-12(7-5-11)15(16,17)18/h4-8,10H,2H2,1,3H3,(H,19,20)(H,21,22)/t8-,10+/m1/s1. The topological polar surface area (TPSA) is 66.4 Å². The monoisotopic (exact) mass is 315 g/mol. The molecule has 1 amide bonds. The van der Waals surface area contributed by atoms with E-state index < -0.39 is 35.6 Å². The van der Waals surface area contributed by atoms with Crippen molar-refractivity contribution in [3.63, 3.8) is 0 Å². The molecule has 0 aliphatic rings. The second kappa shape index (κ2) is 6.64. The van der Waals surface area contributed by atoms with Crippen LogP contribution in [0, 0.1) is 5.92 Å². The van der Waals surface area contributed by atoms with Gasteiger partial charge in [-0.2, -0.15) is 13.2 Å². The van der Waals surface area contributed by atoms with Crippen LogP contribution in [0.15, 0.2) is 36.4 Å². The summed E-state index contributed by atoms with van der Waals surface area (Å²) >= 11 is 0. The maximum absolute atomic E-state index is 12.5. The molecule has 0 aliphatic carbocycles. The lowest BCUT2D eigenvalue weighted by atomic mass is 10.0. The summed E-state index contributed by atoms with van der Waals surface area (Å²) in [7, 11) is 0. The van der Waals surface area contributed by atoms with Gasteiger partial charge < -0.3 is 10.4 Å². The van der Waals surface area contributed by atoms with E-state index in [1.165, 1.54) is 19.1 Å². The molecule has 4 nitrogen and oxygen atoms in total. The van der Waals surface area contributed by atoms with Gasteiger partial charge in [0.2, 0.25) is 5.91 Å². The minimum atomic E-state index is -4.42.